The van der Waals surface area contributed by atoms with E-state index in [1.165, 1.54) is 5.69 Å². The van der Waals surface area contributed by atoms with Crippen LogP contribution < -0.4 is 15.1 Å². The van der Waals surface area contributed by atoms with Crippen LogP contribution in [0.25, 0.3) is 0 Å². The molecule has 2 aromatic rings. The SMILES string of the molecule is CCCCN(C)c1cnnc(Nc2ccc(N3CCN(C)CC3)cc2)n1. The summed E-state index contributed by atoms with van der Waals surface area (Å²) in [6.07, 6.45) is 4.00. The van der Waals surface area contributed by atoms with Gasteiger partial charge >= 0.3 is 0 Å². The van der Waals surface area contributed by atoms with Gasteiger partial charge in [-0.3, -0.25) is 0 Å². The lowest BCUT2D eigenvalue weighted by atomic mass is 10.2. The Balaban J connectivity index is 1.62. The molecule has 0 aliphatic carbocycles. The van der Waals surface area contributed by atoms with E-state index >= 15 is 0 Å². The second kappa shape index (κ2) is 8.80. The van der Waals surface area contributed by atoms with E-state index in [-0.39, 0.29) is 0 Å². The molecule has 2 heterocycles. The van der Waals surface area contributed by atoms with Crippen molar-refractivity contribution in [2.24, 2.45) is 0 Å². The second-order valence-corrected chi connectivity index (χ2v) is 6.88. The van der Waals surface area contributed by atoms with Gasteiger partial charge in [0.1, 0.15) is 0 Å². The summed E-state index contributed by atoms with van der Waals surface area (Å²) >= 11 is 0. The predicted octanol–water partition coefficient (Wildman–Crippen LogP) is 2.60. The quantitative estimate of drug-likeness (QED) is 0.819. The van der Waals surface area contributed by atoms with Crippen LogP contribution in [0.1, 0.15) is 19.8 Å². The minimum absolute atomic E-state index is 0.526. The Morgan fingerprint density at radius 1 is 1.12 bits per heavy atom. The molecule has 1 aliphatic rings. The Hall–Kier alpha value is -2.41. The number of likely N-dealkylation sites (N-methyl/N-ethyl adjacent to an activating group) is 1. The molecule has 1 aromatic heterocycles. The van der Waals surface area contributed by atoms with E-state index in [1.54, 1.807) is 6.20 Å². The number of nitrogens with one attached hydrogen (secondary N) is 1. The molecule has 3 rings (SSSR count). The highest BCUT2D eigenvalue weighted by molar-refractivity contribution is 5.60. The summed E-state index contributed by atoms with van der Waals surface area (Å²) < 4.78 is 0. The van der Waals surface area contributed by atoms with Crippen molar-refractivity contribution in [2.45, 2.75) is 19.8 Å². The van der Waals surface area contributed by atoms with Crippen molar-refractivity contribution < 1.29 is 0 Å². The molecule has 7 heteroatoms. The minimum atomic E-state index is 0.526. The molecule has 1 N–H and O–H groups in total. The Bertz CT molecular complexity index is 681. The third-order valence-electron chi connectivity index (χ3n) is 4.78. The average Bonchev–Trinajstić information content (AvgIpc) is 2.67. The number of benzene rings is 1. The van der Waals surface area contributed by atoms with E-state index in [2.05, 4.69) is 73.4 Å². The van der Waals surface area contributed by atoms with Gasteiger partial charge in [0.15, 0.2) is 5.82 Å². The van der Waals surface area contributed by atoms with Gasteiger partial charge in [0.2, 0.25) is 5.95 Å². The molecular formula is C19H29N7. The maximum atomic E-state index is 4.57. The van der Waals surface area contributed by atoms with Crippen LogP contribution in [0.3, 0.4) is 0 Å². The summed E-state index contributed by atoms with van der Waals surface area (Å²) in [5.41, 5.74) is 2.23. The molecule has 0 atom stereocenters. The highest BCUT2D eigenvalue weighted by atomic mass is 15.3. The van der Waals surface area contributed by atoms with Crippen molar-refractivity contribution in [3.63, 3.8) is 0 Å². The molecule has 0 bridgehead atoms. The average molecular weight is 355 g/mol. The third-order valence-corrected chi connectivity index (χ3v) is 4.78. The standard InChI is InChI=1S/C19H29N7/c1-4-5-10-25(3)18-15-20-23-19(22-18)21-16-6-8-17(9-7-16)26-13-11-24(2)12-14-26/h6-9,15H,4-5,10-14H2,1-3H3,(H,21,22,23). The number of anilines is 4. The largest absolute Gasteiger partial charge is 0.369 e. The molecule has 140 valence electrons. The first-order chi connectivity index (χ1) is 12.7. The van der Waals surface area contributed by atoms with Crippen LogP contribution >= 0.6 is 0 Å². The van der Waals surface area contributed by atoms with Crippen molar-refractivity contribution in [3.8, 4) is 0 Å². The summed E-state index contributed by atoms with van der Waals surface area (Å²) in [6, 6.07) is 8.45. The van der Waals surface area contributed by atoms with E-state index in [0.29, 0.717) is 5.95 Å². The Morgan fingerprint density at radius 3 is 2.54 bits per heavy atom. The van der Waals surface area contributed by atoms with Crippen LogP contribution in [0, 0.1) is 0 Å². The van der Waals surface area contributed by atoms with Crippen LogP contribution in [0.4, 0.5) is 23.1 Å². The van der Waals surface area contributed by atoms with Gasteiger partial charge in [0.25, 0.3) is 0 Å². The smallest absolute Gasteiger partial charge is 0.249 e. The van der Waals surface area contributed by atoms with Gasteiger partial charge in [-0.1, -0.05) is 13.3 Å². The van der Waals surface area contributed by atoms with E-state index in [9.17, 15) is 0 Å². The molecule has 1 aromatic carbocycles. The first-order valence-corrected chi connectivity index (χ1v) is 9.37. The van der Waals surface area contributed by atoms with E-state index in [4.69, 9.17) is 0 Å². The Kier molecular flexibility index (Phi) is 6.22. The van der Waals surface area contributed by atoms with E-state index in [0.717, 1.165) is 57.1 Å². The third kappa shape index (κ3) is 4.82. The molecule has 1 saturated heterocycles. The topological polar surface area (TPSA) is 60.4 Å². The van der Waals surface area contributed by atoms with Gasteiger partial charge in [0.05, 0.1) is 6.20 Å². The number of aromatic nitrogens is 3. The van der Waals surface area contributed by atoms with Gasteiger partial charge in [0, 0.05) is 51.1 Å². The van der Waals surface area contributed by atoms with Crippen LogP contribution in [0.5, 0.6) is 0 Å². The first kappa shape index (κ1) is 18.4. The molecule has 26 heavy (non-hydrogen) atoms. The van der Waals surface area contributed by atoms with E-state index < -0.39 is 0 Å². The number of hydrogen-bond acceptors (Lipinski definition) is 7. The van der Waals surface area contributed by atoms with Gasteiger partial charge in [-0.25, -0.2) is 0 Å². The summed E-state index contributed by atoms with van der Waals surface area (Å²) in [5, 5.41) is 11.4. The fourth-order valence-electron chi connectivity index (χ4n) is 2.99. The lowest BCUT2D eigenvalue weighted by Gasteiger charge is -2.34. The Labute approximate surface area is 156 Å². The second-order valence-electron chi connectivity index (χ2n) is 6.88. The lowest BCUT2D eigenvalue weighted by Crippen LogP contribution is -2.44. The van der Waals surface area contributed by atoms with Crippen LogP contribution in [-0.2, 0) is 0 Å². The zero-order valence-corrected chi connectivity index (χ0v) is 16.0. The van der Waals surface area contributed by atoms with Crippen LogP contribution in [0.2, 0.25) is 0 Å². The molecule has 0 spiro atoms. The van der Waals surface area contributed by atoms with E-state index in [1.807, 2.05) is 7.05 Å². The van der Waals surface area contributed by atoms with Crippen LogP contribution in [-0.4, -0.2) is 66.9 Å². The Morgan fingerprint density at radius 2 is 1.85 bits per heavy atom. The molecule has 1 fully saturated rings. The summed E-state index contributed by atoms with van der Waals surface area (Å²) in [7, 11) is 4.21. The van der Waals surface area contributed by atoms with Crippen LogP contribution in [0.15, 0.2) is 30.5 Å². The summed E-state index contributed by atoms with van der Waals surface area (Å²) in [5.74, 6) is 1.36. The van der Waals surface area contributed by atoms with Crippen molar-refractivity contribution in [1.29, 1.82) is 0 Å². The fraction of sp³-hybridized carbons (Fsp3) is 0.526. The number of unbranched alkanes of at least 4 members (excludes halogenated alkanes) is 1. The first-order valence-electron chi connectivity index (χ1n) is 9.37. The zero-order valence-electron chi connectivity index (χ0n) is 16.0. The molecule has 1 aliphatic heterocycles. The molecule has 0 saturated carbocycles. The summed E-state index contributed by atoms with van der Waals surface area (Å²) in [6.45, 7) is 7.51. The molecule has 0 unspecified atom stereocenters. The van der Waals surface area contributed by atoms with Gasteiger partial charge < -0.3 is 20.0 Å². The zero-order chi connectivity index (χ0) is 18.4. The number of hydrogen-bond donors (Lipinski definition) is 1. The number of piperazine rings is 1. The van der Waals surface area contributed by atoms with Gasteiger partial charge in [-0.05, 0) is 37.7 Å². The molecule has 0 radical (unpaired) electrons. The maximum Gasteiger partial charge on any atom is 0.249 e. The number of rotatable bonds is 7. The van der Waals surface area contributed by atoms with Crippen molar-refractivity contribution >= 4 is 23.1 Å². The molecule has 0 amide bonds. The summed E-state index contributed by atoms with van der Waals surface area (Å²) in [4.78, 5) is 11.5. The minimum Gasteiger partial charge on any atom is -0.369 e. The fourth-order valence-corrected chi connectivity index (χ4v) is 2.99. The highest BCUT2D eigenvalue weighted by Crippen LogP contribution is 2.21. The lowest BCUT2D eigenvalue weighted by molar-refractivity contribution is 0.313. The number of nitrogens with zero attached hydrogens (tertiary/aromatic N) is 6. The van der Waals surface area contributed by atoms with Crippen molar-refractivity contribution in [3.05, 3.63) is 30.5 Å². The van der Waals surface area contributed by atoms with Crippen molar-refractivity contribution in [2.75, 3.05) is 61.9 Å². The maximum absolute atomic E-state index is 4.57. The molecule has 7 nitrogen and oxygen atoms in total. The monoisotopic (exact) mass is 355 g/mol. The van der Waals surface area contributed by atoms with Gasteiger partial charge in [-0.2, -0.15) is 10.1 Å². The van der Waals surface area contributed by atoms with Crippen molar-refractivity contribution in [1.82, 2.24) is 20.1 Å². The van der Waals surface area contributed by atoms with Gasteiger partial charge in [-0.15, -0.1) is 5.10 Å². The highest BCUT2D eigenvalue weighted by Gasteiger charge is 2.14. The normalized spacial score (nSPS) is 15.1. The predicted molar refractivity (Wildman–Crippen MR) is 107 cm³/mol. The molecular weight excluding hydrogens is 326 g/mol.